The Kier molecular flexibility index (Phi) is 12.8. The van der Waals surface area contributed by atoms with Crippen LogP contribution in [-0.4, -0.2) is 4.57 Å². The molecule has 0 atom stereocenters. The smallest absolute Gasteiger partial charge is 0.223 e. The van der Waals surface area contributed by atoms with Crippen molar-refractivity contribution in [1.29, 1.82) is 0 Å². The number of unbranched alkanes of at least 4 members (excludes halogenated alkanes) is 11. The molecular weight excluding hydrogens is 382 g/mol. The van der Waals surface area contributed by atoms with Crippen molar-refractivity contribution in [2.24, 2.45) is 0 Å². The number of hydrogen-bond donors (Lipinski definition) is 0. The fourth-order valence-electron chi connectivity index (χ4n) is 4.18. The summed E-state index contributed by atoms with van der Waals surface area (Å²) in [7, 11) is 0. The molecule has 3 heteroatoms. The highest BCUT2D eigenvalue weighted by molar-refractivity contribution is 5.29. The zero-order chi connectivity index (χ0) is 22.2. The molecule has 0 aliphatic heterocycles. The summed E-state index contributed by atoms with van der Waals surface area (Å²) in [6.45, 7) is 5.77. The molecule has 0 saturated heterocycles. The van der Waals surface area contributed by atoms with E-state index in [0.29, 0.717) is 12.4 Å². The van der Waals surface area contributed by atoms with Crippen molar-refractivity contribution < 1.29 is 4.74 Å². The minimum Gasteiger partial charge on any atom is -0.483 e. The summed E-state index contributed by atoms with van der Waals surface area (Å²) in [4.78, 5) is 12.4. The highest BCUT2D eigenvalue weighted by Gasteiger charge is 2.11. The van der Waals surface area contributed by atoms with Gasteiger partial charge in [-0.2, -0.15) is 0 Å². The topological polar surface area (TPSA) is 31.2 Å². The Labute approximate surface area is 189 Å². The molecule has 0 amide bonds. The van der Waals surface area contributed by atoms with Crippen LogP contribution in [0.2, 0.25) is 0 Å². The molecule has 1 aromatic carbocycles. The molecular formula is C28H43NO2. The van der Waals surface area contributed by atoms with Crippen LogP contribution in [0.25, 0.3) is 0 Å². The lowest BCUT2D eigenvalue weighted by atomic mass is 10.1. The van der Waals surface area contributed by atoms with Gasteiger partial charge in [0.25, 0.3) is 0 Å². The van der Waals surface area contributed by atoms with Crippen molar-refractivity contribution in [2.45, 2.75) is 110 Å². The minimum atomic E-state index is -0.0151. The van der Waals surface area contributed by atoms with Crippen molar-refractivity contribution in [1.82, 2.24) is 4.57 Å². The van der Waals surface area contributed by atoms with Gasteiger partial charge in [0.15, 0.2) is 5.75 Å². The molecule has 1 aromatic heterocycles. The fraction of sp³-hybridized carbons (Fsp3) is 0.607. The third-order valence-electron chi connectivity index (χ3n) is 6.05. The molecule has 0 fully saturated rings. The quantitative estimate of drug-likeness (QED) is 0.243. The maximum Gasteiger partial charge on any atom is 0.223 e. The van der Waals surface area contributed by atoms with E-state index < -0.39 is 0 Å². The van der Waals surface area contributed by atoms with E-state index in [1.807, 2.05) is 36.5 Å². The second-order valence-corrected chi connectivity index (χ2v) is 8.67. The number of aryl methyl sites for hydroxylation is 1. The van der Waals surface area contributed by atoms with Gasteiger partial charge < -0.3 is 9.30 Å². The summed E-state index contributed by atoms with van der Waals surface area (Å²) < 4.78 is 8.19. The molecule has 1 heterocycles. The van der Waals surface area contributed by atoms with Crippen LogP contribution >= 0.6 is 0 Å². The van der Waals surface area contributed by atoms with Crippen LogP contribution in [0.4, 0.5) is 0 Å². The van der Waals surface area contributed by atoms with Crippen molar-refractivity contribution in [2.75, 3.05) is 0 Å². The standard InChI is InChI=1S/C28H43NO2/c1-3-5-6-7-8-9-10-11-12-13-14-18-22-29-23-21-27(30)28(26(29)4-2)31-24-25-19-16-15-17-20-25/h15-17,19-21,23H,3-14,18,22,24H2,1-2H3. The third kappa shape index (κ3) is 9.76. The Morgan fingerprint density at radius 2 is 1.32 bits per heavy atom. The molecule has 0 unspecified atom stereocenters. The van der Waals surface area contributed by atoms with Gasteiger partial charge in [-0.25, -0.2) is 0 Å². The van der Waals surface area contributed by atoms with Crippen LogP contribution in [0.5, 0.6) is 5.75 Å². The molecule has 0 aliphatic carbocycles. The van der Waals surface area contributed by atoms with E-state index in [9.17, 15) is 4.79 Å². The molecule has 31 heavy (non-hydrogen) atoms. The number of pyridine rings is 1. The highest BCUT2D eigenvalue weighted by Crippen LogP contribution is 2.18. The maximum atomic E-state index is 12.4. The molecule has 3 nitrogen and oxygen atoms in total. The molecule has 0 saturated carbocycles. The zero-order valence-electron chi connectivity index (χ0n) is 19.9. The Balaban J connectivity index is 1.69. The molecule has 2 rings (SSSR count). The largest absolute Gasteiger partial charge is 0.483 e. The maximum absolute atomic E-state index is 12.4. The first-order valence-corrected chi connectivity index (χ1v) is 12.6. The molecule has 0 aliphatic rings. The van der Waals surface area contributed by atoms with Gasteiger partial charge in [-0.3, -0.25) is 4.79 Å². The van der Waals surface area contributed by atoms with E-state index in [0.717, 1.165) is 30.6 Å². The number of benzene rings is 1. The zero-order valence-corrected chi connectivity index (χ0v) is 19.9. The summed E-state index contributed by atoms with van der Waals surface area (Å²) in [6, 6.07) is 11.7. The minimum absolute atomic E-state index is 0.0151. The van der Waals surface area contributed by atoms with E-state index in [-0.39, 0.29) is 5.43 Å². The molecule has 0 bridgehead atoms. The normalized spacial score (nSPS) is 11.0. The second kappa shape index (κ2) is 15.7. The van der Waals surface area contributed by atoms with E-state index in [1.54, 1.807) is 6.07 Å². The van der Waals surface area contributed by atoms with Gasteiger partial charge in [-0.1, -0.05) is 115 Å². The number of aromatic nitrogens is 1. The van der Waals surface area contributed by atoms with Crippen LogP contribution in [0.1, 0.15) is 102 Å². The summed E-state index contributed by atoms with van der Waals surface area (Å²) in [5.41, 5.74) is 2.09. The average Bonchev–Trinajstić information content (AvgIpc) is 2.80. The predicted octanol–water partition coefficient (Wildman–Crippen LogP) is 7.69. The van der Waals surface area contributed by atoms with Gasteiger partial charge in [-0.05, 0) is 18.4 Å². The summed E-state index contributed by atoms with van der Waals surface area (Å²) in [6.07, 6.45) is 19.0. The van der Waals surface area contributed by atoms with E-state index >= 15 is 0 Å². The molecule has 2 aromatic rings. The first-order chi connectivity index (χ1) is 15.3. The SMILES string of the molecule is CCCCCCCCCCCCCCn1ccc(=O)c(OCc2ccccc2)c1CC. The van der Waals surface area contributed by atoms with Crippen molar-refractivity contribution in [3.05, 3.63) is 64.1 Å². The highest BCUT2D eigenvalue weighted by atomic mass is 16.5. The monoisotopic (exact) mass is 425 g/mol. The lowest BCUT2D eigenvalue weighted by Gasteiger charge is -2.16. The molecule has 0 radical (unpaired) electrons. The van der Waals surface area contributed by atoms with E-state index in [2.05, 4.69) is 18.4 Å². The summed E-state index contributed by atoms with van der Waals surface area (Å²) in [5, 5.41) is 0. The van der Waals surface area contributed by atoms with Crippen LogP contribution in [0.3, 0.4) is 0 Å². The van der Waals surface area contributed by atoms with Crippen molar-refractivity contribution >= 4 is 0 Å². The van der Waals surface area contributed by atoms with E-state index in [4.69, 9.17) is 4.74 Å². The third-order valence-corrected chi connectivity index (χ3v) is 6.05. The predicted molar refractivity (Wildman–Crippen MR) is 132 cm³/mol. The number of hydrogen-bond acceptors (Lipinski definition) is 2. The van der Waals surface area contributed by atoms with Crippen molar-refractivity contribution in [3.63, 3.8) is 0 Å². The van der Waals surface area contributed by atoms with E-state index in [1.165, 1.54) is 70.6 Å². The van der Waals surface area contributed by atoms with Crippen LogP contribution in [0.15, 0.2) is 47.4 Å². The summed E-state index contributed by atoms with van der Waals surface area (Å²) in [5.74, 6) is 0.521. The Morgan fingerprint density at radius 3 is 1.90 bits per heavy atom. The van der Waals surface area contributed by atoms with Crippen molar-refractivity contribution in [3.8, 4) is 5.75 Å². The average molecular weight is 426 g/mol. The van der Waals surface area contributed by atoms with Gasteiger partial charge in [0.05, 0.1) is 5.69 Å². The first-order valence-electron chi connectivity index (χ1n) is 12.6. The Morgan fingerprint density at radius 1 is 0.742 bits per heavy atom. The van der Waals surface area contributed by atoms with Gasteiger partial charge in [0, 0.05) is 18.8 Å². The molecule has 0 N–H and O–H groups in total. The number of ether oxygens (including phenoxy) is 1. The number of rotatable bonds is 17. The fourth-order valence-corrected chi connectivity index (χ4v) is 4.18. The van der Waals surface area contributed by atoms with Crippen LogP contribution in [0, 0.1) is 0 Å². The summed E-state index contributed by atoms with van der Waals surface area (Å²) >= 11 is 0. The van der Waals surface area contributed by atoms with Crippen LogP contribution in [-0.2, 0) is 19.6 Å². The van der Waals surface area contributed by atoms with Gasteiger partial charge in [-0.15, -0.1) is 0 Å². The molecule has 172 valence electrons. The number of nitrogens with zero attached hydrogens (tertiary/aromatic N) is 1. The second-order valence-electron chi connectivity index (χ2n) is 8.67. The van der Waals surface area contributed by atoms with Gasteiger partial charge >= 0.3 is 0 Å². The van der Waals surface area contributed by atoms with Crippen LogP contribution < -0.4 is 10.2 Å². The Bertz CT molecular complexity index is 766. The first kappa shape index (κ1) is 25.2. The molecule has 0 spiro atoms. The Hall–Kier alpha value is -2.03. The lowest BCUT2D eigenvalue weighted by Crippen LogP contribution is -2.16. The lowest BCUT2D eigenvalue weighted by molar-refractivity contribution is 0.295. The van der Waals surface area contributed by atoms with Gasteiger partial charge in [0.1, 0.15) is 6.61 Å². The van der Waals surface area contributed by atoms with Gasteiger partial charge in [0.2, 0.25) is 5.43 Å².